The lowest BCUT2D eigenvalue weighted by Crippen LogP contribution is -2.31. The third-order valence-corrected chi connectivity index (χ3v) is 5.32. The van der Waals surface area contributed by atoms with Gasteiger partial charge in [-0.15, -0.1) is 0 Å². The SMILES string of the molecule is CCN/C1=C(\C(=N)C(F)(F)F)C/C(=N/NC)C(=N)c2ccc(F)cc2[C@@H](C)Oc2cc1cnc2N. The van der Waals surface area contributed by atoms with Gasteiger partial charge in [-0.2, -0.15) is 18.3 Å². The van der Waals surface area contributed by atoms with E-state index in [9.17, 15) is 17.6 Å². The van der Waals surface area contributed by atoms with Crippen LogP contribution in [0.15, 0.2) is 41.1 Å². The van der Waals surface area contributed by atoms with E-state index in [1.54, 1.807) is 13.8 Å². The van der Waals surface area contributed by atoms with Crippen LogP contribution in [-0.4, -0.2) is 41.9 Å². The molecule has 6 N–H and O–H groups in total. The molecule has 1 aliphatic heterocycles. The van der Waals surface area contributed by atoms with E-state index in [0.717, 1.165) is 6.07 Å². The Morgan fingerprint density at radius 2 is 2.03 bits per heavy atom. The minimum absolute atomic E-state index is 0.0173. The summed E-state index contributed by atoms with van der Waals surface area (Å²) >= 11 is 0. The molecule has 0 unspecified atom stereocenters. The van der Waals surface area contributed by atoms with E-state index >= 15 is 0 Å². The number of allylic oxidation sites excluding steroid dienone is 1. The molecule has 0 saturated heterocycles. The zero-order valence-corrected chi connectivity index (χ0v) is 19.3. The summed E-state index contributed by atoms with van der Waals surface area (Å²) in [6, 6.07) is 5.08. The first kappa shape index (κ1) is 25.7. The number of hydrogen-bond donors (Lipinski definition) is 5. The number of nitrogens with two attached hydrogens (primary N) is 1. The van der Waals surface area contributed by atoms with Crippen LogP contribution in [-0.2, 0) is 0 Å². The zero-order chi connectivity index (χ0) is 25.9. The van der Waals surface area contributed by atoms with Crippen molar-refractivity contribution in [1.82, 2.24) is 15.7 Å². The van der Waals surface area contributed by atoms with Crippen LogP contribution >= 0.6 is 0 Å². The highest BCUT2D eigenvalue weighted by Crippen LogP contribution is 2.34. The Labute approximate surface area is 199 Å². The van der Waals surface area contributed by atoms with Crippen LogP contribution in [0.5, 0.6) is 5.75 Å². The van der Waals surface area contributed by atoms with Gasteiger partial charge >= 0.3 is 6.18 Å². The van der Waals surface area contributed by atoms with Gasteiger partial charge in [0.15, 0.2) is 11.6 Å². The standard InChI is InChI=1S/C23H25F4N7O/c1-4-32-20-12-7-18(22(30)33-10-12)35-11(2)15-8-13(24)5-6-14(15)19(28)17(34-31-3)9-16(20)21(29)23(25,26)27/h5-8,10-11,28-29,31-32H,4,9H2,1-3H3,(H2,30,33)/b20-16-,28-19?,29-21?,34-17-/t11-/m1/s1. The highest BCUT2D eigenvalue weighted by atomic mass is 19.4. The maximum Gasteiger partial charge on any atom is 0.433 e. The number of pyridine rings is 1. The predicted octanol–water partition coefficient (Wildman–Crippen LogP) is 4.19. The van der Waals surface area contributed by atoms with E-state index in [0.29, 0.717) is 0 Å². The van der Waals surface area contributed by atoms with Crippen LogP contribution < -0.4 is 21.2 Å². The van der Waals surface area contributed by atoms with Crippen LogP contribution in [0, 0.1) is 16.6 Å². The summed E-state index contributed by atoms with van der Waals surface area (Å²) in [5, 5.41) is 23.6. The van der Waals surface area contributed by atoms with Gasteiger partial charge in [0.05, 0.1) is 11.4 Å². The second kappa shape index (κ2) is 10.1. The lowest BCUT2D eigenvalue weighted by atomic mass is 9.90. The molecule has 0 aliphatic carbocycles. The van der Waals surface area contributed by atoms with Crippen LogP contribution in [0.1, 0.15) is 43.1 Å². The van der Waals surface area contributed by atoms with Crippen molar-refractivity contribution >= 4 is 28.6 Å². The predicted molar refractivity (Wildman–Crippen MR) is 126 cm³/mol. The minimum Gasteiger partial charge on any atom is -0.482 e. The first-order valence-electron chi connectivity index (χ1n) is 10.7. The molecule has 1 aliphatic rings. The number of ether oxygens (including phenoxy) is 1. The number of alkyl halides is 3. The number of nitrogens with one attached hydrogen (secondary N) is 4. The minimum atomic E-state index is -4.98. The normalized spacial score (nSPS) is 19.8. The van der Waals surface area contributed by atoms with E-state index in [4.69, 9.17) is 21.3 Å². The number of fused-ring (bicyclic) bond motifs is 3. The van der Waals surface area contributed by atoms with Crippen LogP contribution in [0.25, 0.3) is 5.70 Å². The Bertz CT molecular complexity index is 1220. The van der Waals surface area contributed by atoms with Crippen molar-refractivity contribution in [3.63, 3.8) is 0 Å². The first-order valence-corrected chi connectivity index (χ1v) is 10.7. The molecule has 0 amide bonds. The van der Waals surface area contributed by atoms with Crippen molar-refractivity contribution in [2.75, 3.05) is 19.3 Å². The molecule has 1 aromatic carbocycles. The van der Waals surface area contributed by atoms with Gasteiger partial charge in [-0.25, -0.2) is 9.37 Å². The Morgan fingerprint density at radius 1 is 1.31 bits per heavy atom. The van der Waals surface area contributed by atoms with Gasteiger partial charge < -0.3 is 21.2 Å². The highest BCUT2D eigenvalue weighted by Gasteiger charge is 2.39. The number of nitrogens with zero attached hydrogens (tertiary/aromatic N) is 2. The molecule has 2 bridgehead atoms. The van der Waals surface area contributed by atoms with Crippen molar-refractivity contribution in [3.05, 3.63) is 58.5 Å². The summed E-state index contributed by atoms with van der Waals surface area (Å²) in [7, 11) is 1.44. The molecule has 35 heavy (non-hydrogen) atoms. The van der Waals surface area contributed by atoms with Crippen LogP contribution in [0.2, 0.25) is 0 Å². The van der Waals surface area contributed by atoms with Gasteiger partial charge in [0.25, 0.3) is 0 Å². The van der Waals surface area contributed by atoms with E-state index < -0.39 is 35.8 Å². The van der Waals surface area contributed by atoms with Crippen molar-refractivity contribution in [3.8, 4) is 5.75 Å². The summed E-state index contributed by atoms with van der Waals surface area (Å²) in [4.78, 5) is 4.06. The number of rotatable bonds is 4. The van der Waals surface area contributed by atoms with Crippen molar-refractivity contribution in [1.29, 1.82) is 10.8 Å². The van der Waals surface area contributed by atoms with Gasteiger partial charge in [0.1, 0.15) is 17.6 Å². The number of hydrogen-bond acceptors (Lipinski definition) is 8. The maximum atomic E-state index is 14.2. The fourth-order valence-corrected chi connectivity index (χ4v) is 3.71. The summed E-state index contributed by atoms with van der Waals surface area (Å²) in [6.45, 7) is 3.56. The molecule has 2 heterocycles. The molecule has 12 heteroatoms. The molecule has 8 nitrogen and oxygen atoms in total. The largest absolute Gasteiger partial charge is 0.482 e. The topological polar surface area (TPSA) is 132 Å². The van der Waals surface area contributed by atoms with Gasteiger partial charge in [-0.3, -0.25) is 10.8 Å². The molecule has 0 spiro atoms. The number of anilines is 1. The molecular formula is C23H25F4N7O. The number of aromatic nitrogens is 1. The monoisotopic (exact) mass is 491 g/mol. The maximum absolute atomic E-state index is 14.2. The molecule has 3 rings (SSSR count). The smallest absolute Gasteiger partial charge is 0.433 e. The number of hydrazone groups is 1. The van der Waals surface area contributed by atoms with Gasteiger partial charge in [-0.05, 0) is 38.1 Å². The van der Waals surface area contributed by atoms with E-state index in [1.807, 2.05) is 0 Å². The van der Waals surface area contributed by atoms with Crippen LogP contribution in [0.4, 0.5) is 23.4 Å². The molecule has 2 aromatic rings. The third-order valence-electron chi connectivity index (χ3n) is 5.32. The summed E-state index contributed by atoms with van der Waals surface area (Å²) in [6.07, 6.45) is -5.02. The Hall–Kier alpha value is -3.96. The Kier molecular flexibility index (Phi) is 7.42. The number of nitrogen functional groups attached to an aromatic ring is 1. The highest BCUT2D eigenvalue weighted by molar-refractivity contribution is 6.48. The lowest BCUT2D eigenvalue weighted by molar-refractivity contribution is -0.0590. The number of halogens is 4. The zero-order valence-electron chi connectivity index (χ0n) is 19.3. The third kappa shape index (κ3) is 5.42. The number of benzene rings is 1. The second-order valence-corrected chi connectivity index (χ2v) is 7.69. The fourth-order valence-electron chi connectivity index (χ4n) is 3.71. The average molecular weight is 491 g/mol. The fraction of sp³-hybridized carbons (Fsp3) is 0.304. The van der Waals surface area contributed by atoms with E-state index in [-0.39, 0.29) is 51.9 Å². The molecular weight excluding hydrogens is 466 g/mol. The van der Waals surface area contributed by atoms with E-state index in [1.165, 1.54) is 31.4 Å². The van der Waals surface area contributed by atoms with Gasteiger partial charge in [0, 0.05) is 54.2 Å². The first-order chi connectivity index (χ1) is 16.5. The molecule has 0 fully saturated rings. The molecule has 1 atom stereocenters. The molecule has 0 saturated carbocycles. The van der Waals surface area contributed by atoms with Crippen molar-refractivity contribution < 1.29 is 22.3 Å². The Morgan fingerprint density at radius 3 is 2.66 bits per heavy atom. The summed E-state index contributed by atoms with van der Waals surface area (Å²) < 4.78 is 61.5. The molecule has 0 radical (unpaired) electrons. The average Bonchev–Trinajstić information content (AvgIpc) is 2.80. The van der Waals surface area contributed by atoms with E-state index in [2.05, 4.69) is 20.8 Å². The summed E-state index contributed by atoms with van der Waals surface area (Å²) in [5.41, 5.74) is 6.74. The molecule has 1 aromatic heterocycles. The lowest BCUT2D eigenvalue weighted by Gasteiger charge is -2.24. The summed E-state index contributed by atoms with van der Waals surface area (Å²) in [5.74, 6) is -0.541. The van der Waals surface area contributed by atoms with Crippen molar-refractivity contribution in [2.45, 2.75) is 32.5 Å². The quantitative estimate of drug-likeness (QED) is 0.249. The van der Waals surface area contributed by atoms with Crippen LogP contribution in [0.3, 0.4) is 0 Å². The van der Waals surface area contributed by atoms with Gasteiger partial charge in [0.2, 0.25) is 0 Å². The Balaban J connectivity index is 2.40. The second-order valence-electron chi connectivity index (χ2n) is 7.69. The molecule has 186 valence electrons. The van der Waals surface area contributed by atoms with Crippen molar-refractivity contribution in [2.24, 2.45) is 5.10 Å². The van der Waals surface area contributed by atoms with Gasteiger partial charge in [-0.1, -0.05) is 0 Å².